The molecule has 2 aromatic carbocycles. The van der Waals surface area contributed by atoms with E-state index in [-0.39, 0.29) is 18.4 Å². The standard InChI is InChI=1S/C18H19N5O2/c1-2-10-19-18(25)13-6-5-7-14(11-13)20-17(24)12-23-16-9-4-3-8-15(16)21-22-23/h3-9,11H,2,10,12H2,1H3,(H,19,25)(H,20,24). The zero-order valence-corrected chi connectivity index (χ0v) is 13.9. The molecule has 0 aliphatic heterocycles. The van der Waals surface area contributed by atoms with Crippen LogP contribution in [0.1, 0.15) is 23.7 Å². The molecule has 0 bridgehead atoms. The summed E-state index contributed by atoms with van der Waals surface area (Å²) in [6.45, 7) is 2.66. The van der Waals surface area contributed by atoms with E-state index >= 15 is 0 Å². The Labute approximate surface area is 145 Å². The minimum atomic E-state index is -0.234. The van der Waals surface area contributed by atoms with Crippen molar-refractivity contribution in [2.75, 3.05) is 11.9 Å². The fraction of sp³-hybridized carbons (Fsp3) is 0.222. The summed E-state index contributed by atoms with van der Waals surface area (Å²) in [5.74, 6) is -0.387. The Balaban J connectivity index is 1.68. The SMILES string of the molecule is CCCNC(=O)c1cccc(NC(=O)Cn2nnc3ccccc32)c1. The summed E-state index contributed by atoms with van der Waals surface area (Å²) in [5, 5.41) is 13.6. The first-order valence-corrected chi connectivity index (χ1v) is 8.13. The first-order valence-electron chi connectivity index (χ1n) is 8.13. The van der Waals surface area contributed by atoms with Crippen molar-refractivity contribution < 1.29 is 9.59 Å². The van der Waals surface area contributed by atoms with Crippen molar-refractivity contribution in [1.82, 2.24) is 20.3 Å². The number of para-hydroxylation sites is 1. The van der Waals surface area contributed by atoms with E-state index in [4.69, 9.17) is 0 Å². The monoisotopic (exact) mass is 337 g/mol. The molecule has 2 N–H and O–H groups in total. The van der Waals surface area contributed by atoms with Gasteiger partial charge in [-0.25, -0.2) is 4.68 Å². The predicted octanol–water partition coefficient (Wildman–Crippen LogP) is 2.21. The van der Waals surface area contributed by atoms with Crippen molar-refractivity contribution in [2.24, 2.45) is 0 Å². The van der Waals surface area contributed by atoms with Gasteiger partial charge < -0.3 is 10.6 Å². The Morgan fingerprint density at radius 3 is 2.80 bits per heavy atom. The van der Waals surface area contributed by atoms with E-state index in [2.05, 4.69) is 20.9 Å². The van der Waals surface area contributed by atoms with Gasteiger partial charge in [-0.05, 0) is 36.8 Å². The summed E-state index contributed by atoms with van der Waals surface area (Å²) in [5.41, 5.74) is 2.62. The van der Waals surface area contributed by atoms with Gasteiger partial charge in [0.15, 0.2) is 0 Å². The normalized spacial score (nSPS) is 10.6. The first-order chi connectivity index (χ1) is 12.2. The Kier molecular flexibility index (Phi) is 5.03. The van der Waals surface area contributed by atoms with E-state index in [0.717, 1.165) is 17.5 Å². The van der Waals surface area contributed by atoms with Crippen LogP contribution in [0.5, 0.6) is 0 Å². The van der Waals surface area contributed by atoms with Crippen molar-refractivity contribution in [1.29, 1.82) is 0 Å². The Morgan fingerprint density at radius 2 is 1.96 bits per heavy atom. The summed E-state index contributed by atoms with van der Waals surface area (Å²) in [6, 6.07) is 14.3. The quantitative estimate of drug-likeness (QED) is 0.722. The molecule has 0 atom stereocenters. The minimum absolute atomic E-state index is 0.0484. The van der Waals surface area contributed by atoms with Crippen molar-refractivity contribution in [3.05, 3.63) is 54.1 Å². The van der Waals surface area contributed by atoms with Crippen LogP contribution in [0, 0.1) is 0 Å². The van der Waals surface area contributed by atoms with Gasteiger partial charge in [0.1, 0.15) is 12.1 Å². The number of anilines is 1. The van der Waals surface area contributed by atoms with E-state index < -0.39 is 0 Å². The Bertz CT molecular complexity index is 903. The topological polar surface area (TPSA) is 88.9 Å². The van der Waals surface area contributed by atoms with E-state index in [9.17, 15) is 9.59 Å². The number of hydrogen-bond donors (Lipinski definition) is 2. The molecule has 7 heteroatoms. The zero-order chi connectivity index (χ0) is 17.6. The molecule has 3 rings (SSSR count). The molecule has 25 heavy (non-hydrogen) atoms. The van der Waals surface area contributed by atoms with Gasteiger partial charge in [0.25, 0.3) is 5.91 Å². The minimum Gasteiger partial charge on any atom is -0.352 e. The number of fused-ring (bicyclic) bond motifs is 1. The largest absolute Gasteiger partial charge is 0.352 e. The first kappa shape index (κ1) is 16.6. The highest BCUT2D eigenvalue weighted by atomic mass is 16.2. The molecule has 7 nitrogen and oxygen atoms in total. The van der Waals surface area contributed by atoms with Crippen LogP contribution in [0.15, 0.2) is 48.5 Å². The van der Waals surface area contributed by atoms with E-state index in [1.165, 1.54) is 0 Å². The maximum Gasteiger partial charge on any atom is 0.251 e. The summed E-state index contributed by atoms with van der Waals surface area (Å²) in [7, 11) is 0. The third-order valence-electron chi connectivity index (χ3n) is 3.66. The molecule has 0 saturated heterocycles. The van der Waals surface area contributed by atoms with Gasteiger partial charge in [-0.3, -0.25) is 9.59 Å². The number of rotatable bonds is 6. The lowest BCUT2D eigenvalue weighted by atomic mass is 10.2. The van der Waals surface area contributed by atoms with Crippen LogP contribution in [0.4, 0.5) is 5.69 Å². The number of aromatic nitrogens is 3. The van der Waals surface area contributed by atoms with Crippen LogP contribution in [0.3, 0.4) is 0 Å². The molecular weight excluding hydrogens is 318 g/mol. The predicted molar refractivity (Wildman–Crippen MR) is 95.2 cm³/mol. The molecule has 0 aliphatic carbocycles. The zero-order valence-electron chi connectivity index (χ0n) is 13.9. The van der Waals surface area contributed by atoms with Crippen LogP contribution in [-0.2, 0) is 11.3 Å². The third-order valence-corrected chi connectivity index (χ3v) is 3.66. The number of carbonyl (C=O) groups excluding carboxylic acids is 2. The Hall–Kier alpha value is -3.22. The van der Waals surface area contributed by atoms with E-state index in [1.54, 1.807) is 28.9 Å². The highest BCUT2D eigenvalue weighted by molar-refractivity contribution is 5.97. The smallest absolute Gasteiger partial charge is 0.251 e. The number of carbonyl (C=O) groups is 2. The van der Waals surface area contributed by atoms with Gasteiger partial charge >= 0.3 is 0 Å². The fourth-order valence-electron chi connectivity index (χ4n) is 2.45. The lowest BCUT2D eigenvalue weighted by Crippen LogP contribution is -2.24. The summed E-state index contributed by atoms with van der Waals surface area (Å²) in [6.07, 6.45) is 0.869. The number of amides is 2. The molecule has 128 valence electrons. The lowest BCUT2D eigenvalue weighted by molar-refractivity contribution is -0.116. The van der Waals surface area contributed by atoms with Gasteiger partial charge in [-0.1, -0.05) is 30.3 Å². The summed E-state index contributed by atoms with van der Waals surface area (Å²) < 4.78 is 1.54. The third kappa shape index (κ3) is 4.00. The lowest BCUT2D eigenvalue weighted by Gasteiger charge is -2.08. The second-order valence-corrected chi connectivity index (χ2v) is 5.62. The second kappa shape index (κ2) is 7.57. The maximum atomic E-state index is 12.3. The molecule has 0 saturated carbocycles. The molecule has 2 amide bonds. The Morgan fingerprint density at radius 1 is 1.12 bits per heavy atom. The number of nitrogens with zero attached hydrogens (tertiary/aromatic N) is 3. The van der Waals surface area contributed by atoms with Gasteiger partial charge in [-0.2, -0.15) is 0 Å². The molecule has 0 unspecified atom stereocenters. The summed E-state index contributed by atoms with van der Waals surface area (Å²) >= 11 is 0. The average molecular weight is 337 g/mol. The van der Waals surface area contributed by atoms with Crippen LogP contribution in [0.2, 0.25) is 0 Å². The highest BCUT2D eigenvalue weighted by Crippen LogP contribution is 2.12. The molecule has 1 heterocycles. The van der Waals surface area contributed by atoms with Gasteiger partial charge in [-0.15, -0.1) is 5.10 Å². The van der Waals surface area contributed by atoms with Crippen molar-refractivity contribution in [3.8, 4) is 0 Å². The van der Waals surface area contributed by atoms with E-state index in [0.29, 0.717) is 17.8 Å². The maximum absolute atomic E-state index is 12.3. The molecular formula is C18H19N5O2. The number of hydrogen-bond acceptors (Lipinski definition) is 4. The van der Waals surface area contributed by atoms with Gasteiger partial charge in [0, 0.05) is 17.8 Å². The van der Waals surface area contributed by atoms with Crippen LogP contribution < -0.4 is 10.6 Å². The highest BCUT2D eigenvalue weighted by Gasteiger charge is 2.10. The molecule has 1 aromatic heterocycles. The summed E-state index contributed by atoms with van der Waals surface area (Å²) in [4.78, 5) is 24.3. The number of nitrogens with one attached hydrogen (secondary N) is 2. The molecule has 0 fully saturated rings. The average Bonchev–Trinajstić information content (AvgIpc) is 3.03. The van der Waals surface area contributed by atoms with Crippen LogP contribution in [0.25, 0.3) is 11.0 Å². The van der Waals surface area contributed by atoms with Crippen molar-refractivity contribution in [3.63, 3.8) is 0 Å². The number of benzene rings is 2. The molecule has 0 aliphatic rings. The van der Waals surface area contributed by atoms with Crippen LogP contribution >= 0.6 is 0 Å². The van der Waals surface area contributed by atoms with Crippen molar-refractivity contribution in [2.45, 2.75) is 19.9 Å². The van der Waals surface area contributed by atoms with Crippen LogP contribution in [-0.4, -0.2) is 33.4 Å². The van der Waals surface area contributed by atoms with Crippen molar-refractivity contribution >= 4 is 28.5 Å². The van der Waals surface area contributed by atoms with Gasteiger partial charge in [0.05, 0.1) is 5.52 Å². The van der Waals surface area contributed by atoms with E-state index in [1.807, 2.05) is 31.2 Å². The molecule has 0 radical (unpaired) electrons. The molecule has 0 spiro atoms. The molecule has 3 aromatic rings. The second-order valence-electron chi connectivity index (χ2n) is 5.62. The fourth-order valence-corrected chi connectivity index (χ4v) is 2.45. The van der Waals surface area contributed by atoms with Gasteiger partial charge in [0.2, 0.25) is 5.91 Å².